The van der Waals surface area contributed by atoms with Crippen LogP contribution in [0.15, 0.2) is 6.33 Å². The summed E-state index contributed by atoms with van der Waals surface area (Å²) in [6, 6.07) is 0. The first kappa shape index (κ1) is 13.8. The van der Waals surface area contributed by atoms with E-state index in [0.717, 1.165) is 19.0 Å². The van der Waals surface area contributed by atoms with Crippen LogP contribution in [0.4, 0.5) is 11.1 Å². The number of aryl methyl sites for hydroxylation is 2. The number of aromatic nitrogens is 4. The number of hydrogen-bond acceptors (Lipinski definition) is 7. The van der Waals surface area contributed by atoms with Crippen molar-refractivity contribution in [2.75, 3.05) is 36.8 Å². The number of anilines is 2. The molecule has 9 heteroatoms. The van der Waals surface area contributed by atoms with Crippen molar-refractivity contribution < 1.29 is 4.79 Å². The van der Waals surface area contributed by atoms with Crippen molar-refractivity contribution in [1.29, 1.82) is 0 Å². The van der Waals surface area contributed by atoms with E-state index in [9.17, 15) is 4.79 Å². The van der Waals surface area contributed by atoms with Gasteiger partial charge in [-0.3, -0.25) is 4.79 Å². The summed E-state index contributed by atoms with van der Waals surface area (Å²) in [5.41, 5.74) is 6.37. The van der Waals surface area contributed by atoms with Crippen molar-refractivity contribution in [1.82, 2.24) is 24.6 Å². The maximum absolute atomic E-state index is 12.5. The molecule has 0 unspecified atom stereocenters. The highest BCUT2D eigenvalue weighted by Crippen LogP contribution is 2.22. The minimum atomic E-state index is 0.0133. The summed E-state index contributed by atoms with van der Waals surface area (Å²) < 4.78 is 1.88. The zero-order chi connectivity index (χ0) is 15.0. The number of nitrogens with zero attached hydrogens (tertiary/aromatic N) is 6. The molecular formula is C12H17N7OS. The quantitative estimate of drug-likeness (QED) is 0.847. The van der Waals surface area contributed by atoms with Crippen LogP contribution in [0.2, 0.25) is 0 Å². The number of carbonyl (C=O) groups is 1. The third-order valence-electron chi connectivity index (χ3n) is 3.54. The first-order valence-electron chi connectivity index (χ1n) is 6.67. The lowest BCUT2D eigenvalue weighted by molar-refractivity contribution is 0.0750. The molecule has 0 saturated carbocycles. The second kappa shape index (κ2) is 5.32. The third-order valence-corrected chi connectivity index (χ3v) is 4.52. The average molecular weight is 307 g/mol. The zero-order valence-corrected chi connectivity index (χ0v) is 12.8. The molecule has 1 aliphatic rings. The second-order valence-electron chi connectivity index (χ2n) is 4.99. The molecule has 0 aliphatic carbocycles. The molecular weight excluding hydrogens is 290 g/mol. The van der Waals surface area contributed by atoms with Gasteiger partial charge in [-0.2, -0.15) is 0 Å². The Kier molecular flexibility index (Phi) is 3.50. The predicted octanol–water partition coefficient (Wildman–Crippen LogP) is 0.125. The second-order valence-corrected chi connectivity index (χ2v) is 6.02. The van der Waals surface area contributed by atoms with Gasteiger partial charge in [0.1, 0.15) is 11.2 Å². The van der Waals surface area contributed by atoms with E-state index in [4.69, 9.17) is 5.73 Å². The molecule has 1 saturated heterocycles. The summed E-state index contributed by atoms with van der Waals surface area (Å²) >= 11 is 1.25. The van der Waals surface area contributed by atoms with Gasteiger partial charge in [0.05, 0.1) is 5.69 Å². The lowest BCUT2D eigenvalue weighted by Crippen LogP contribution is -2.49. The Hall–Kier alpha value is -2.16. The summed E-state index contributed by atoms with van der Waals surface area (Å²) in [5, 5.41) is 8.42. The summed E-state index contributed by atoms with van der Waals surface area (Å²) in [4.78, 5) is 21.2. The van der Waals surface area contributed by atoms with Crippen LogP contribution in [-0.4, -0.2) is 56.7 Å². The van der Waals surface area contributed by atoms with Gasteiger partial charge in [0.2, 0.25) is 5.95 Å². The average Bonchev–Trinajstić information content (AvgIpc) is 3.04. The van der Waals surface area contributed by atoms with Crippen molar-refractivity contribution in [2.24, 2.45) is 7.05 Å². The van der Waals surface area contributed by atoms with Crippen LogP contribution in [-0.2, 0) is 7.05 Å². The van der Waals surface area contributed by atoms with E-state index >= 15 is 0 Å². The molecule has 112 valence electrons. The molecule has 8 nitrogen and oxygen atoms in total. The van der Waals surface area contributed by atoms with Gasteiger partial charge in [0.15, 0.2) is 5.13 Å². The van der Waals surface area contributed by atoms with Crippen molar-refractivity contribution >= 4 is 28.3 Å². The summed E-state index contributed by atoms with van der Waals surface area (Å²) in [7, 11) is 1.91. The van der Waals surface area contributed by atoms with E-state index in [-0.39, 0.29) is 5.91 Å². The van der Waals surface area contributed by atoms with E-state index in [1.54, 1.807) is 6.33 Å². The normalized spacial score (nSPS) is 15.5. The lowest BCUT2D eigenvalue weighted by Gasteiger charge is -2.34. The Bertz CT molecular complexity index is 656. The molecule has 0 atom stereocenters. The van der Waals surface area contributed by atoms with Gasteiger partial charge in [0, 0.05) is 33.2 Å². The van der Waals surface area contributed by atoms with E-state index < -0.39 is 0 Å². The monoisotopic (exact) mass is 307 g/mol. The molecule has 0 aromatic carbocycles. The van der Waals surface area contributed by atoms with Gasteiger partial charge < -0.3 is 20.1 Å². The Labute approximate surface area is 126 Å². The number of piperazine rings is 1. The highest BCUT2D eigenvalue weighted by molar-refractivity contribution is 7.17. The molecule has 3 rings (SSSR count). The van der Waals surface area contributed by atoms with E-state index in [1.807, 2.05) is 23.4 Å². The molecule has 2 aromatic heterocycles. The van der Waals surface area contributed by atoms with Gasteiger partial charge in [-0.05, 0) is 6.92 Å². The van der Waals surface area contributed by atoms with Crippen molar-refractivity contribution in [3.63, 3.8) is 0 Å². The maximum Gasteiger partial charge on any atom is 0.266 e. The van der Waals surface area contributed by atoms with Gasteiger partial charge in [-0.25, -0.2) is 4.98 Å². The van der Waals surface area contributed by atoms with Gasteiger partial charge in [-0.15, -0.1) is 10.2 Å². The highest BCUT2D eigenvalue weighted by Gasteiger charge is 2.26. The molecule has 0 spiro atoms. The van der Waals surface area contributed by atoms with E-state index in [2.05, 4.69) is 20.1 Å². The SMILES string of the molecule is Cc1nc(N)sc1C(=O)N1CCN(c2nncn2C)CC1. The summed E-state index contributed by atoms with van der Waals surface area (Å²) in [6.45, 7) is 4.61. The fourth-order valence-corrected chi connectivity index (χ4v) is 3.23. The van der Waals surface area contributed by atoms with Crippen LogP contribution in [0.3, 0.4) is 0 Å². The number of nitrogen functional groups attached to an aromatic ring is 1. The smallest absolute Gasteiger partial charge is 0.266 e. The fourth-order valence-electron chi connectivity index (χ4n) is 2.43. The van der Waals surface area contributed by atoms with Crippen LogP contribution in [0, 0.1) is 6.92 Å². The Balaban J connectivity index is 1.67. The van der Waals surface area contributed by atoms with Gasteiger partial charge in [0.25, 0.3) is 5.91 Å². The van der Waals surface area contributed by atoms with Crippen LogP contribution in [0.1, 0.15) is 15.4 Å². The first-order valence-corrected chi connectivity index (χ1v) is 7.49. The van der Waals surface area contributed by atoms with Crippen molar-refractivity contribution in [3.05, 3.63) is 16.9 Å². The van der Waals surface area contributed by atoms with E-state index in [0.29, 0.717) is 28.8 Å². The molecule has 0 bridgehead atoms. The molecule has 21 heavy (non-hydrogen) atoms. The highest BCUT2D eigenvalue weighted by atomic mass is 32.1. The molecule has 0 radical (unpaired) electrons. The largest absolute Gasteiger partial charge is 0.375 e. The summed E-state index contributed by atoms with van der Waals surface area (Å²) in [6.07, 6.45) is 1.68. The number of nitrogens with two attached hydrogens (primary N) is 1. The molecule has 1 amide bonds. The standard InChI is InChI=1S/C12H17N7OS/c1-8-9(21-11(13)15-8)10(20)18-3-5-19(6-4-18)12-16-14-7-17(12)2/h7H,3-6H2,1-2H3,(H2,13,15). The maximum atomic E-state index is 12.5. The lowest BCUT2D eigenvalue weighted by atomic mass is 10.3. The fraction of sp³-hybridized carbons (Fsp3) is 0.500. The number of hydrogen-bond donors (Lipinski definition) is 1. The minimum Gasteiger partial charge on any atom is -0.375 e. The Morgan fingerprint density at radius 2 is 2.05 bits per heavy atom. The van der Waals surface area contributed by atoms with Crippen LogP contribution in [0.25, 0.3) is 0 Å². The number of rotatable bonds is 2. The number of carbonyl (C=O) groups excluding carboxylic acids is 1. The number of amides is 1. The van der Waals surface area contributed by atoms with Gasteiger partial charge in [-0.1, -0.05) is 11.3 Å². The zero-order valence-electron chi connectivity index (χ0n) is 12.0. The molecule has 2 aromatic rings. The molecule has 3 heterocycles. The van der Waals surface area contributed by atoms with Crippen LogP contribution < -0.4 is 10.6 Å². The van der Waals surface area contributed by atoms with Crippen LogP contribution >= 0.6 is 11.3 Å². The third kappa shape index (κ3) is 2.56. The van der Waals surface area contributed by atoms with Crippen LogP contribution in [0.5, 0.6) is 0 Å². The first-order chi connectivity index (χ1) is 10.1. The molecule has 2 N–H and O–H groups in total. The van der Waals surface area contributed by atoms with Crippen molar-refractivity contribution in [3.8, 4) is 0 Å². The number of thiazole rings is 1. The predicted molar refractivity (Wildman–Crippen MR) is 80.4 cm³/mol. The molecule has 1 fully saturated rings. The van der Waals surface area contributed by atoms with Crippen molar-refractivity contribution in [2.45, 2.75) is 6.92 Å². The van der Waals surface area contributed by atoms with Gasteiger partial charge >= 0.3 is 0 Å². The summed E-state index contributed by atoms with van der Waals surface area (Å²) in [5.74, 6) is 0.847. The Morgan fingerprint density at radius 1 is 1.33 bits per heavy atom. The van der Waals surface area contributed by atoms with E-state index in [1.165, 1.54) is 11.3 Å². The topological polar surface area (TPSA) is 93.2 Å². The Morgan fingerprint density at radius 3 is 2.57 bits per heavy atom. The molecule has 1 aliphatic heterocycles. The minimum absolute atomic E-state index is 0.0133.